The number of anilines is 1. The minimum absolute atomic E-state index is 0.0547. The zero-order valence-corrected chi connectivity index (χ0v) is 24.1. The molecule has 0 aliphatic heterocycles. The first kappa shape index (κ1) is 28.0. The number of ether oxygens (including phenoxy) is 1. The second kappa shape index (κ2) is 12.0. The number of carbonyl (C=O) groups excluding carboxylic acids is 1. The predicted octanol–water partition coefficient (Wildman–Crippen LogP) is 6.05. The van der Waals surface area contributed by atoms with Crippen LogP contribution in [0.15, 0.2) is 67.3 Å². The third-order valence-corrected chi connectivity index (χ3v) is 6.99. The maximum atomic E-state index is 14.6. The highest BCUT2D eigenvalue weighted by Gasteiger charge is 2.17. The number of aromatic amines is 2. The van der Waals surface area contributed by atoms with E-state index in [1.54, 1.807) is 24.8 Å². The van der Waals surface area contributed by atoms with E-state index < -0.39 is 0 Å². The van der Waals surface area contributed by atoms with Gasteiger partial charge in [0.1, 0.15) is 29.4 Å². The van der Waals surface area contributed by atoms with Crippen molar-refractivity contribution < 1.29 is 13.9 Å². The van der Waals surface area contributed by atoms with Gasteiger partial charge >= 0.3 is 0 Å². The molecule has 6 aromatic rings. The summed E-state index contributed by atoms with van der Waals surface area (Å²) in [5.41, 5.74) is 7.07. The van der Waals surface area contributed by atoms with Crippen LogP contribution in [0.5, 0.6) is 5.75 Å². The zero-order chi connectivity index (χ0) is 29.9. The molecule has 0 atom stereocenters. The van der Waals surface area contributed by atoms with Crippen LogP contribution in [0, 0.1) is 5.82 Å². The molecular weight excluding hydrogens is 547 g/mol. The Kier molecular flexibility index (Phi) is 7.80. The van der Waals surface area contributed by atoms with E-state index in [1.807, 2.05) is 56.3 Å². The van der Waals surface area contributed by atoms with Gasteiger partial charge in [0, 0.05) is 47.9 Å². The summed E-state index contributed by atoms with van der Waals surface area (Å²) >= 11 is 0. The standard InChI is InChI=1S/C32H31FN8O2/c1-4-5-30(42)36-22-11-20(15-34-16-22)26-6-7-27-31(38-26)32(40-39-27)28-14-24-25(17-35-18-29(24)37-28)19-10-21(33)13-23(12-19)43-9-8-41(2)3/h6-7,10-18,37H,4-5,8-9H2,1-3H3,(H,36,42)(H,39,40). The molecule has 0 aliphatic carbocycles. The number of nitrogens with zero attached hydrogens (tertiary/aromatic N) is 5. The predicted molar refractivity (Wildman–Crippen MR) is 165 cm³/mol. The Hall–Kier alpha value is -5.16. The minimum Gasteiger partial charge on any atom is -0.492 e. The third kappa shape index (κ3) is 6.07. The number of H-pyrrole nitrogens is 2. The molecule has 5 aromatic heterocycles. The van der Waals surface area contributed by atoms with E-state index in [1.165, 1.54) is 12.1 Å². The molecule has 10 nitrogen and oxygen atoms in total. The van der Waals surface area contributed by atoms with Crippen molar-refractivity contribution in [2.75, 3.05) is 32.6 Å². The summed E-state index contributed by atoms with van der Waals surface area (Å²) in [5.74, 6) is 0.0210. The van der Waals surface area contributed by atoms with Crippen LogP contribution in [0.3, 0.4) is 0 Å². The molecule has 218 valence electrons. The Morgan fingerprint density at radius 2 is 1.86 bits per heavy atom. The maximum Gasteiger partial charge on any atom is 0.224 e. The van der Waals surface area contributed by atoms with Crippen molar-refractivity contribution in [3.63, 3.8) is 0 Å². The van der Waals surface area contributed by atoms with Gasteiger partial charge in [-0.25, -0.2) is 9.37 Å². The quantitative estimate of drug-likeness (QED) is 0.181. The second-order valence-corrected chi connectivity index (χ2v) is 10.6. The van der Waals surface area contributed by atoms with Crippen LogP contribution in [-0.4, -0.2) is 68.2 Å². The number of nitrogens with one attached hydrogen (secondary N) is 3. The molecule has 3 N–H and O–H groups in total. The fraction of sp³-hybridized carbons (Fsp3) is 0.219. The van der Waals surface area contributed by atoms with Gasteiger partial charge in [0.2, 0.25) is 5.91 Å². The van der Waals surface area contributed by atoms with E-state index >= 15 is 0 Å². The summed E-state index contributed by atoms with van der Waals surface area (Å²) in [7, 11) is 3.92. The first-order valence-corrected chi connectivity index (χ1v) is 14.0. The van der Waals surface area contributed by atoms with E-state index in [0.717, 1.165) is 46.2 Å². The van der Waals surface area contributed by atoms with Gasteiger partial charge in [-0.15, -0.1) is 0 Å². The lowest BCUT2D eigenvalue weighted by molar-refractivity contribution is -0.116. The Balaban J connectivity index is 1.35. The molecule has 0 saturated heterocycles. The molecule has 0 spiro atoms. The number of aromatic nitrogens is 6. The smallest absolute Gasteiger partial charge is 0.224 e. The average Bonchev–Trinajstić information content (AvgIpc) is 3.60. The molecule has 5 heterocycles. The highest BCUT2D eigenvalue weighted by atomic mass is 19.1. The topological polar surface area (TPSA) is 125 Å². The summed E-state index contributed by atoms with van der Waals surface area (Å²) in [5, 5.41) is 11.4. The van der Waals surface area contributed by atoms with Crippen LogP contribution in [0.2, 0.25) is 0 Å². The Labute approximate surface area is 247 Å². The van der Waals surface area contributed by atoms with Crippen LogP contribution in [0.4, 0.5) is 10.1 Å². The van der Waals surface area contributed by atoms with Crippen molar-refractivity contribution in [3.05, 3.63) is 73.1 Å². The van der Waals surface area contributed by atoms with Crippen molar-refractivity contribution in [3.8, 4) is 39.5 Å². The fourth-order valence-electron chi connectivity index (χ4n) is 4.90. The summed E-state index contributed by atoms with van der Waals surface area (Å²) in [6, 6.07) is 12.3. The van der Waals surface area contributed by atoms with Gasteiger partial charge in [-0.2, -0.15) is 5.10 Å². The number of rotatable bonds is 10. The monoisotopic (exact) mass is 578 g/mol. The average molecular weight is 579 g/mol. The van der Waals surface area contributed by atoms with E-state index in [4.69, 9.17) is 9.72 Å². The number of likely N-dealkylation sites (N-methyl/N-ethyl adjacent to an activating group) is 1. The Bertz CT molecular complexity index is 1930. The van der Waals surface area contributed by atoms with Gasteiger partial charge in [0.15, 0.2) is 0 Å². The summed E-state index contributed by atoms with van der Waals surface area (Å²) in [6.45, 7) is 3.12. The Morgan fingerprint density at radius 3 is 2.70 bits per heavy atom. The number of fused-ring (bicyclic) bond motifs is 2. The number of carbonyl (C=O) groups is 1. The largest absolute Gasteiger partial charge is 0.492 e. The normalized spacial score (nSPS) is 11.5. The lowest BCUT2D eigenvalue weighted by Gasteiger charge is -2.12. The number of hydrogen-bond acceptors (Lipinski definition) is 7. The van der Waals surface area contributed by atoms with Crippen LogP contribution < -0.4 is 10.1 Å². The van der Waals surface area contributed by atoms with Gasteiger partial charge in [0.25, 0.3) is 0 Å². The van der Waals surface area contributed by atoms with Crippen molar-refractivity contribution >= 4 is 33.5 Å². The molecular formula is C32H31FN8O2. The van der Waals surface area contributed by atoms with Crippen molar-refractivity contribution in [2.45, 2.75) is 19.8 Å². The molecule has 43 heavy (non-hydrogen) atoms. The van der Waals surface area contributed by atoms with Crippen LogP contribution in [-0.2, 0) is 4.79 Å². The van der Waals surface area contributed by atoms with Crippen LogP contribution in [0.25, 0.3) is 55.7 Å². The van der Waals surface area contributed by atoms with E-state index in [0.29, 0.717) is 46.9 Å². The minimum atomic E-state index is -0.386. The summed E-state index contributed by atoms with van der Waals surface area (Å²) < 4.78 is 20.4. The van der Waals surface area contributed by atoms with Gasteiger partial charge in [-0.3, -0.25) is 19.9 Å². The molecule has 1 aromatic carbocycles. The highest BCUT2D eigenvalue weighted by molar-refractivity contribution is 6.00. The number of amides is 1. The lowest BCUT2D eigenvalue weighted by Crippen LogP contribution is -2.19. The van der Waals surface area contributed by atoms with E-state index in [9.17, 15) is 9.18 Å². The first-order valence-electron chi connectivity index (χ1n) is 14.0. The second-order valence-electron chi connectivity index (χ2n) is 10.6. The molecule has 1 amide bonds. The van der Waals surface area contributed by atoms with E-state index in [2.05, 4.69) is 30.5 Å². The first-order chi connectivity index (χ1) is 20.9. The number of hydrogen-bond donors (Lipinski definition) is 3. The van der Waals surface area contributed by atoms with E-state index in [-0.39, 0.29) is 11.7 Å². The zero-order valence-electron chi connectivity index (χ0n) is 24.1. The fourth-order valence-corrected chi connectivity index (χ4v) is 4.90. The molecule has 0 bridgehead atoms. The molecule has 6 rings (SSSR count). The van der Waals surface area contributed by atoms with Crippen LogP contribution >= 0.6 is 0 Å². The molecule has 11 heteroatoms. The summed E-state index contributed by atoms with van der Waals surface area (Å²) in [4.78, 5) is 31.1. The molecule has 0 radical (unpaired) electrons. The van der Waals surface area contributed by atoms with Crippen molar-refractivity contribution in [1.29, 1.82) is 0 Å². The van der Waals surface area contributed by atoms with Gasteiger partial charge in [-0.1, -0.05) is 6.92 Å². The number of pyridine rings is 3. The number of halogens is 1. The van der Waals surface area contributed by atoms with Crippen molar-refractivity contribution in [1.82, 2.24) is 35.0 Å². The summed E-state index contributed by atoms with van der Waals surface area (Å²) in [6.07, 6.45) is 7.98. The lowest BCUT2D eigenvalue weighted by atomic mass is 10.0. The third-order valence-electron chi connectivity index (χ3n) is 6.99. The van der Waals surface area contributed by atoms with Gasteiger partial charge in [0.05, 0.1) is 40.5 Å². The van der Waals surface area contributed by atoms with Crippen LogP contribution in [0.1, 0.15) is 19.8 Å². The van der Waals surface area contributed by atoms with Crippen molar-refractivity contribution in [2.24, 2.45) is 0 Å². The van der Waals surface area contributed by atoms with Gasteiger partial charge < -0.3 is 19.9 Å². The molecule has 0 fully saturated rings. The Morgan fingerprint density at radius 1 is 1.00 bits per heavy atom. The van der Waals surface area contributed by atoms with Gasteiger partial charge in [-0.05, 0) is 62.5 Å². The maximum absolute atomic E-state index is 14.6. The number of benzene rings is 1. The molecule has 0 saturated carbocycles. The molecule has 0 unspecified atom stereocenters. The highest BCUT2D eigenvalue weighted by Crippen LogP contribution is 2.35. The SMILES string of the molecule is CCCC(=O)Nc1cncc(-c2ccc3[nH]nc(-c4cc5c(-c6cc(F)cc(OCCN(C)C)c6)cncc5[nH]4)c3n2)c1. The molecule has 0 aliphatic rings.